The molecule has 2 aliphatic carbocycles. The van der Waals surface area contributed by atoms with Crippen molar-refractivity contribution in [2.45, 2.75) is 110 Å². The maximum absolute atomic E-state index is 11.6. The highest BCUT2D eigenvalue weighted by atomic mass is 79.9. The van der Waals surface area contributed by atoms with Gasteiger partial charge in [-0.25, -0.2) is 19.9 Å². The van der Waals surface area contributed by atoms with Crippen molar-refractivity contribution in [3.05, 3.63) is 110 Å². The van der Waals surface area contributed by atoms with E-state index in [1.54, 1.807) is 24.5 Å². The van der Waals surface area contributed by atoms with E-state index in [-0.39, 0.29) is 0 Å². The number of anilines is 4. The summed E-state index contributed by atoms with van der Waals surface area (Å²) in [7, 11) is -1.92. The van der Waals surface area contributed by atoms with Gasteiger partial charge in [0.2, 0.25) is 11.8 Å². The van der Waals surface area contributed by atoms with Gasteiger partial charge in [0, 0.05) is 64.4 Å². The number of carbonyl (C=O) groups excluding carboxylic acids is 2. The molecule has 19 heteroatoms. The Balaban J connectivity index is 0.000000154. The van der Waals surface area contributed by atoms with Crippen LogP contribution in [0.15, 0.2) is 65.7 Å². The molecule has 8 N–H and O–H groups in total. The molecular weight excluding hydrogens is 939 g/mol. The number of amides is 2. The first-order valence-electron chi connectivity index (χ1n) is 22.3. The van der Waals surface area contributed by atoms with E-state index in [1.807, 2.05) is 77.9 Å². The molecule has 0 radical (unpaired) electrons. The van der Waals surface area contributed by atoms with Crippen LogP contribution in [0, 0.1) is 37.7 Å². The number of aryl methyl sites for hydroxylation is 2. The Morgan fingerprint density at radius 3 is 1.81 bits per heavy atom. The van der Waals surface area contributed by atoms with Gasteiger partial charge < -0.3 is 31.4 Å². The highest BCUT2D eigenvalue weighted by Gasteiger charge is 2.51. The van der Waals surface area contributed by atoms with Crippen LogP contribution in [0.25, 0.3) is 11.4 Å². The fraction of sp³-hybridized carbons (Fsp3) is 0.347. The zero-order valence-electron chi connectivity index (χ0n) is 39.8. The number of terminal acetylenes is 1. The van der Waals surface area contributed by atoms with Gasteiger partial charge in [-0.3, -0.25) is 19.8 Å². The van der Waals surface area contributed by atoms with Crippen molar-refractivity contribution in [1.82, 2.24) is 40.3 Å². The molecule has 1 saturated heterocycles. The summed E-state index contributed by atoms with van der Waals surface area (Å²) in [5.41, 5.74) is 21.1. The summed E-state index contributed by atoms with van der Waals surface area (Å²) in [5, 5.41) is 21.1. The molecule has 2 amide bonds. The number of halogens is 1. The van der Waals surface area contributed by atoms with Gasteiger partial charge in [0.15, 0.2) is 33.8 Å². The van der Waals surface area contributed by atoms with Gasteiger partial charge in [0.1, 0.15) is 8.07 Å². The van der Waals surface area contributed by atoms with Gasteiger partial charge in [-0.05, 0) is 112 Å². The van der Waals surface area contributed by atoms with E-state index in [2.05, 4.69) is 104 Å². The summed E-state index contributed by atoms with van der Waals surface area (Å²) in [6, 6.07) is 14.9. The third kappa shape index (κ3) is 12.3. The maximum Gasteiger partial charge on any atom is 0.494 e. The van der Waals surface area contributed by atoms with Crippen LogP contribution >= 0.6 is 15.9 Å². The molecule has 0 spiro atoms. The number of H-pyrrole nitrogens is 2. The molecule has 350 valence electrons. The predicted octanol–water partition coefficient (Wildman–Crippen LogP) is 8.08. The van der Waals surface area contributed by atoms with Crippen LogP contribution in [-0.2, 0) is 9.31 Å². The van der Waals surface area contributed by atoms with E-state index in [1.165, 1.54) is 31.4 Å². The van der Waals surface area contributed by atoms with Gasteiger partial charge in [-0.15, -0.1) is 12.0 Å². The van der Waals surface area contributed by atoms with Crippen LogP contribution in [-0.4, -0.2) is 78.5 Å². The van der Waals surface area contributed by atoms with Crippen LogP contribution in [0.2, 0.25) is 19.6 Å². The van der Waals surface area contributed by atoms with Crippen LogP contribution in [0.5, 0.6) is 0 Å². The highest BCUT2D eigenvalue weighted by molar-refractivity contribution is 9.10. The Labute approximate surface area is 406 Å². The number of hydrogen-bond donors (Lipinski definition) is 6. The fourth-order valence-electron chi connectivity index (χ4n) is 6.83. The Morgan fingerprint density at radius 2 is 1.29 bits per heavy atom. The van der Waals surface area contributed by atoms with Gasteiger partial charge >= 0.3 is 7.12 Å². The van der Waals surface area contributed by atoms with E-state index >= 15 is 0 Å². The first-order chi connectivity index (χ1) is 32.1. The van der Waals surface area contributed by atoms with Crippen molar-refractivity contribution in [1.29, 1.82) is 0 Å². The lowest BCUT2D eigenvalue weighted by atomic mass is 9.77. The number of rotatable bonds is 10. The number of hydrogen-bond acceptors (Lipinski definition) is 12. The summed E-state index contributed by atoms with van der Waals surface area (Å²) in [6.45, 7) is 18.3. The van der Waals surface area contributed by atoms with Crippen LogP contribution < -0.4 is 27.6 Å². The van der Waals surface area contributed by atoms with Crippen LogP contribution in [0.1, 0.15) is 120 Å². The van der Waals surface area contributed by atoms with E-state index in [9.17, 15) is 9.59 Å². The second kappa shape index (κ2) is 19.9. The smallest absolute Gasteiger partial charge is 0.399 e. The molecule has 16 nitrogen and oxygen atoms in total. The first-order valence-corrected chi connectivity index (χ1v) is 26.6. The summed E-state index contributed by atoms with van der Waals surface area (Å²) < 4.78 is 12.4. The van der Waals surface area contributed by atoms with Crippen LogP contribution in [0.3, 0.4) is 0 Å². The summed E-state index contributed by atoms with van der Waals surface area (Å²) in [4.78, 5) is 40.4. The standard InChI is InChI=1S/C20H18N6O.C15H18BrN5Si.C14H20BNO3/c1-3-12-10-22-19(14-5-4-11(2)15(8-14)18(21)27)24-20(12)23-17-9-16(25-26-17)13-6-7-13;1-22(2,3)7-6-11-9-17-15(16)19-14(11)18-13-8-12(20-21-13)10-4-5-10;1-9-6-7-10(8-11(9)12(16)17)15-18-13(2,3)14(4,5)19-15/h1,4-5,8-10,13H,6-7H2,2H3,(H2,21,27)(H2,22,23,24,25,26);8-10H,4-5H2,1-3H3,(H2,17,18,19,20,21);6-8H,1-5H3,(H2,16,17). The molecule has 0 bridgehead atoms. The summed E-state index contributed by atoms with van der Waals surface area (Å²) >= 11 is 3.31. The van der Waals surface area contributed by atoms with E-state index in [0.717, 1.165) is 33.7 Å². The van der Waals surface area contributed by atoms with Crippen molar-refractivity contribution < 1.29 is 18.9 Å². The molecule has 9 rings (SSSR count). The SMILES string of the molecule is C#Cc1cnc(-c2ccc(C)c(C(N)=O)c2)nc1Nc1cc(C2CC2)[nH]n1.C[Si](C)(C)C#Cc1cnc(Br)nc1Nc1cc(C2CC2)[nH]n1.Cc1ccc(B2OC(C)(C)C(C)(C)O2)cc1C(N)=O. The number of aromatic nitrogens is 8. The lowest BCUT2D eigenvalue weighted by Crippen LogP contribution is -2.41. The van der Waals surface area contributed by atoms with E-state index in [0.29, 0.717) is 62.1 Å². The minimum Gasteiger partial charge on any atom is -0.399 e. The number of aromatic amines is 2. The number of nitrogens with two attached hydrogens (primary N) is 2. The second-order valence-electron chi connectivity index (χ2n) is 19.1. The normalized spacial score (nSPS) is 15.6. The Kier molecular flexibility index (Phi) is 14.4. The predicted molar refractivity (Wildman–Crippen MR) is 272 cm³/mol. The quantitative estimate of drug-likeness (QED) is 0.0434. The first kappa shape index (κ1) is 49.3. The molecule has 3 aliphatic rings. The van der Waals surface area contributed by atoms with E-state index in [4.69, 9.17) is 27.2 Å². The van der Waals surface area contributed by atoms with Crippen molar-refractivity contribution in [3.8, 4) is 35.2 Å². The second-order valence-corrected chi connectivity index (χ2v) is 24.6. The zero-order valence-corrected chi connectivity index (χ0v) is 42.3. The lowest BCUT2D eigenvalue weighted by Gasteiger charge is -2.32. The van der Waals surface area contributed by atoms with Gasteiger partial charge in [0.05, 0.1) is 22.3 Å². The number of nitrogens with one attached hydrogen (secondary N) is 4. The van der Waals surface area contributed by atoms with Crippen LogP contribution in [0.4, 0.5) is 23.3 Å². The molecule has 3 fully saturated rings. The number of nitrogens with zero attached hydrogens (tertiary/aromatic N) is 6. The average molecular weight is 996 g/mol. The van der Waals surface area contributed by atoms with Crippen molar-refractivity contribution >= 4 is 71.7 Å². The van der Waals surface area contributed by atoms with Gasteiger partial charge in [0.25, 0.3) is 0 Å². The number of primary amides is 2. The Hall–Kier alpha value is -6.64. The maximum atomic E-state index is 11.6. The summed E-state index contributed by atoms with van der Waals surface area (Å²) in [6.07, 6.45) is 13.7. The largest absolute Gasteiger partial charge is 0.494 e. The molecular formula is C49H56BBrN12O4Si. The lowest BCUT2D eigenvalue weighted by molar-refractivity contribution is 0.00578. The molecule has 4 aromatic heterocycles. The number of benzene rings is 2. The average Bonchev–Trinajstić information content (AvgIpc) is 4.20. The van der Waals surface area contributed by atoms with Crippen molar-refractivity contribution in [2.75, 3.05) is 10.6 Å². The van der Waals surface area contributed by atoms with E-state index < -0.39 is 38.2 Å². The molecule has 0 atom stereocenters. The third-order valence-electron chi connectivity index (χ3n) is 11.8. The van der Waals surface area contributed by atoms with Crippen molar-refractivity contribution in [2.24, 2.45) is 11.5 Å². The third-order valence-corrected chi connectivity index (χ3v) is 13.1. The van der Waals surface area contributed by atoms with Gasteiger partial charge in [-0.1, -0.05) is 55.7 Å². The minimum absolute atomic E-state index is 0.393. The number of carbonyl (C=O) groups is 2. The topological polar surface area (TPSA) is 238 Å². The molecule has 68 heavy (non-hydrogen) atoms. The molecule has 2 aromatic carbocycles. The highest BCUT2D eigenvalue weighted by Crippen LogP contribution is 2.41. The van der Waals surface area contributed by atoms with Gasteiger partial charge in [-0.2, -0.15) is 10.2 Å². The molecule has 2 saturated carbocycles. The van der Waals surface area contributed by atoms with Crippen molar-refractivity contribution in [3.63, 3.8) is 0 Å². The summed E-state index contributed by atoms with van der Waals surface area (Å²) in [5.74, 6) is 9.10. The Bertz CT molecular complexity index is 2960. The molecule has 5 heterocycles. The Morgan fingerprint density at radius 1 is 0.779 bits per heavy atom. The zero-order chi connectivity index (χ0) is 49.1. The fourth-order valence-corrected chi connectivity index (χ4v) is 7.62. The monoisotopic (exact) mass is 994 g/mol. The minimum atomic E-state index is -1.45. The molecule has 6 aromatic rings. The molecule has 0 unspecified atom stereocenters. The molecule has 1 aliphatic heterocycles.